The van der Waals surface area contributed by atoms with Crippen molar-refractivity contribution in [1.82, 2.24) is 5.32 Å². The number of benzene rings is 1. The highest BCUT2D eigenvalue weighted by molar-refractivity contribution is 6.30. The van der Waals surface area contributed by atoms with Crippen LogP contribution in [-0.2, 0) is 0 Å². The summed E-state index contributed by atoms with van der Waals surface area (Å²) in [5.41, 5.74) is 0. The minimum atomic E-state index is -0.475. The molecule has 1 rings (SSSR count). The monoisotopic (exact) mass is 273 g/mol. The Morgan fingerprint density at radius 2 is 2.11 bits per heavy atom. The van der Waals surface area contributed by atoms with Crippen LogP contribution in [-0.4, -0.2) is 19.7 Å². The van der Waals surface area contributed by atoms with Crippen molar-refractivity contribution >= 4 is 11.6 Å². The Hall–Kier alpha value is -0.800. The van der Waals surface area contributed by atoms with Gasteiger partial charge in [0.15, 0.2) is 11.6 Å². The van der Waals surface area contributed by atoms with Gasteiger partial charge in [-0.05, 0) is 44.0 Å². The molecule has 18 heavy (non-hydrogen) atoms. The fraction of sp³-hybridized carbons (Fsp3) is 0.571. The lowest BCUT2D eigenvalue weighted by Gasteiger charge is -2.09. The van der Waals surface area contributed by atoms with Gasteiger partial charge in [0.2, 0.25) is 0 Å². The Balaban J connectivity index is 2.13. The molecule has 1 aromatic carbocycles. The lowest BCUT2D eigenvalue weighted by atomic mass is 10.2. The maximum atomic E-state index is 13.5. The maximum absolute atomic E-state index is 13.5. The molecule has 0 aliphatic carbocycles. The van der Waals surface area contributed by atoms with Crippen molar-refractivity contribution < 1.29 is 9.13 Å². The minimum Gasteiger partial charge on any atom is -0.490 e. The fourth-order valence-corrected chi connectivity index (χ4v) is 1.69. The SMILES string of the molecule is CC(C)CNCCCCOc1cccc(Cl)c1F. The summed E-state index contributed by atoms with van der Waals surface area (Å²) in [6.07, 6.45) is 1.92. The lowest BCUT2D eigenvalue weighted by Crippen LogP contribution is -2.21. The Labute approximate surface area is 113 Å². The highest BCUT2D eigenvalue weighted by atomic mass is 35.5. The fourth-order valence-electron chi connectivity index (χ4n) is 1.52. The summed E-state index contributed by atoms with van der Waals surface area (Å²) in [5.74, 6) is 0.427. The summed E-state index contributed by atoms with van der Waals surface area (Å²) in [4.78, 5) is 0. The van der Waals surface area contributed by atoms with Gasteiger partial charge in [-0.1, -0.05) is 31.5 Å². The van der Waals surface area contributed by atoms with E-state index in [4.69, 9.17) is 16.3 Å². The minimum absolute atomic E-state index is 0.103. The second kappa shape index (κ2) is 8.33. The molecule has 4 heteroatoms. The van der Waals surface area contributed by atoms with Crippen LogP contribution in [0.15, 0.2) is 18.2 Å². The predicted molar refractivity (Wildman–Crippen MR) is 73.8 cm³/mol. The highest BCUT2D eigenvalue weighted by Gasteiger charge is 2.06. The number of hydrogen-bond acceptors (Lipinski definition) is 2. The van der Waals surface area contributed by atoms with Crippen LogP contribution < -0.4 is 10.1 Å². The van der Waals surface area contributed by atoms with Crippen molar-refractivity contribution in [3.63, 3.8) is 0 Å². The molecule has 0 unspecified atom stereocenters. The van der Waals surface area contributed by atoms with Crippen LogP contribution in [0.2, 0.25) is 5.02 Å². The molecule has 0 amide bonds. The largest absolute Gasteiger partial charge is 0.490 e. The van der Waals surface area contributed by atoms with Crippen LogP contribution >= 0.6 is 11.6 Å². The van der Waals surface area contributed by atoms with E-state index in [1.165, 1.54) is 6.07 Å². The van der Waals surface area contributed by atoms with Crippen LogP contribution in [0.1, 0.15) is 26.7 Å². The molecule has 0 aromatic heterocycles. The zero-order valence-corrected chi connectivity index (χ0v) is 11.8. The third-order valence-electron chi connectivity index (χ3n) is 2.47. The normalized spacial score (nSPS) is 10.9. The van der Waals surface area contributed by atoms with Gasteiger partial charge in [-0.2, -0.15) is 0 Å². The number of halogens is 2. The average molecular weight is 274 g/mol. The Morgan fingerprint density at radius 1 is 1.33 bits per heavy atom. The van der Waals surface area contributed by atoms with Gasteiger partial charge in [-0.3, -0.25) is 0 Å². The molecule has 0 saturated heterocycles. The number of unbranched alkanes of at least 4 members (excludes halogenated alkanes) is 1. The van der Waals surface area contributed by atoms with E-state index in [-0.39, 0.29) is 10.8 Å². The average Bonchev–Trinajstić information content (AvgIpc) is 2.32. The molecule has 2 nitrogen and oxygen atoms in total. The second-order valence-corrected chi connectivity index (χ2v) is 5.11. The molecule has 0 saturated carbocycles. The number of nitrogens with one attached hydrogen (secondary N) is 1. The Morgan fingerprint density at radius 3 is 2.83 bits per heavy atom. The van der Waals surface area contributed by atoms with Gasteiger partial charge < -0.3 is 10.1 Å². The molecule has 102 valence electrons. The van der Waals surface area contributed by atoms with E-state index >= 15 is 0 Å². The lowest BCUT2D eigenvalue weighted by molar-refractivity contribution is 0.291. The quantitative estimate of drug-likeness (QED) is 0.726. The van der Waals surface area contributed by atoms with Gasteiger partial charge in [0.1, 0.15) is 0 Å². The summed E-state index contributed by atoms with van der Waals surface area (Å²) in [6, 6.07) is 4.79. The van der Waals surface area contributed by atoms with E-state index in [1.54, 1.807) is 12.1 Å². The first-order valence-corrected chi connectivity index (χ1v) is 6.76. The van der Waals surface area contributed by atoms with Gasteiger partial charge in [-0.25, -0.2) is 4.39 Å². The standard InChI is InChI=1S/C14H21ClFNO/c1-11(2)10-17-8-3-4-9-18-13-7-5-6-12(15)14(13)16/h5-7,11,17H,3-4,8-10H2,1-2H3. The topological polar surface area (TPSA) is 21.3 Å². The molecule has 1 N–H and O–H groups in total. The van der Waals surface area contributed by atoms with Gasteiger partial charge in [-0.15, -0.1) is 0 Å². The van der Waals surface area contributed by atoms with Crippen molar-refractivity contribution in [2.24, 2.45) is 5.92 Å². The Kier molecular flexibility index (Phi) is 7.06. The number of rotatable bonds is 8. The summed E-state index contributed by atoms with van der Waals surface area (Å²) < 4.78 is 18.8. The maximum Gasteiger partial charge on any atom is 0.183 e. The Bertz CT molecular complexity index is 358. The van der Waals surface area contributed by atoms with E-state index in [0.717, 1.165) is 25.9 Å². The van der Waals surface area contributed by atoms with Crippen LogP contribution in [0.4, 0.5) is 4.39 Å². The molecule has 0 fully saturated rings. The molecule has 0 atom stereocenters. The third kappa shape index (κ3) is 5.69. The smallest absolute Gasteiger partial charge is 0.183 e. The summed E-state index contributed by atoms with van der Waals surface area (Å²) in [7, 11) is 0. The van der Waals surface area contributed by atoms with E-state index in [0.29, 0.717) is 12.5 Å². The number of hydrogen-bond donors (Lipinski definition) is 1. The molecular formula is C14H21ClFNO. The van der Waals surface area contributed by atoms with Crippen molar-refractivity contribution in [1.29, 1.82) is 0 Å². The van der Waals surface area contributed by atoms with E-state index < -0.39 is 5.82 Å². The van der Waals surface area contributed by atoms with Gasteiger partial charge in [0.25, 0.3) is 0 Å². The highest BCUT2D eigenvalue weighted by Crippen LogP contribution is 2.24. The van der Waals surface area contributed by atoms with Crippen molar-refractivity contribution in [2.75, 3.05) is 19.7 Å². The van der Waals surface area contributed by atoms with Crippen LogP contribution in [0.5, 0.6) is 5.75 Å². The van der Waals surface area contributed by atoms with Crippen molar-refractivity contribution in [2.45, 2.75) is 26.7 Å². The van der Waals surface area contributed by atoms with Crippen LogP contribution in [0.3, 0.4) is 0 Å². The first-order chi connectivity index (χ1) is 8.61. The predicted octanol–water partition coefficient (Wildman–Crippen LogP) is 3.88. The van der Waals surface area contributed by atoms with E-state index in [1.807, 2.05) is 0 Å². The first kappa shape index (κ1) is 15.3. The molecule has 0 radical (unpaired) electrons. The van der Waals surface area contributed by atoms with Crippen LogP contribution in [0.25, 0.3) is 0 Å². The first-order valence-electron chi connectivity index (χ1n) is 6.38. The second-order valence-electron chi connectivity index (χ2n) is 4.71. The zero-order valence-electron chi connectivity index (χ0n) is 11.0. The van der Waals surface area contributed by atoms with Crippen molar-refractivity contribution in [3.8, 4) is 5.75 Å². The number of ether oxygens (including phenoxy) is 1. The van der Waals surface area contributed by atoms with Gasteiger partial charge in [0.05, 0.1) is 11.6 Å². The van der Waals surface area contributed by atoms with E-state index in [9.17, 15) is 4.39 Å². The molecule has 0 aliphatic rings. The summed E-state index contributed by atoms with van der Waals surface area (Å²) >= 11 is 5.66. The zero-order chi connectivity index (χ0) is 13.4. The molecule has 0 aliphatic heterocycles. The van der Waals surface area contributed by atoms with Crippen molar-refractivity contribution in [3.05, 3.63) is 29.0 Å². The summed E-state index contributed by atoms with van der Waals surface area (Å²) in [6.45, 7) is 6.88. The van der Waals surface area contributed by atoms with Gasteiger partial charge in [0, 0.05) is 0 Å². The van der Waals surface area contributed by atoms with Gasteiger partial charge >= 0.3 is 0 Å². The molecule has 0 bridgehead atoms. The summed E-state index contributed by atoms with van der Waals surface area (Å²) in [5, 5.41) is 3.46. The third-order valence-corrected chi connectivity index (χ3v) is 2.77. The molecule has 0 heterocycles. The van der Waals surface area contributed by atoms with E-state index in [2.05, 4.69) is 19.2 Å². The van der Waals surface area contributed by atoms with Crippen LogP contribution in [0, 0.1) is 11.7 Å². The molecule has 1 aromatic rings. The molecular weight excluding hydrogens is 253 g/mol. The molecule has 0 spiro atoms.